The lowest BCUT2D eigenvalue weighted by Gasteiger charge is -2.15. The fourth-order valence-corrected chi connectivity index (χ4v) is 2.29. The fraction of sp³-hybridized carbons (Fsp3) is 0.300. The van der Waals surface area contributed by atoms with Crippen LogP contribution in [0.15, 0.2) is 42.5 Å². The molecule has 0 fully saturated rings. The molecule has 0 saturated carbocycles. The summed E-state index contributed by atoms with van der Waals surface area (Å²) in [5.41, 5.74) is 1.43. The number of benzene rings is 2. The molecule has 1 atom stereocenters. The lowest BCUT2D eigenvalue weighted by atomic mass is 10.2. The van der Waals surface area contributed by atoms with E-state index in [4.69, 9.17) is 18.9 Å². The zero-order valence-corrected chi connectivity index (χ0v) is 15.8. The van der Waals surface area contributed by atoms with Gasteiger partial charge in [-0.1, -0.05) is 12.1 Å². The van der Waals surface area contributed by atoms with Crippen molar-refractivity contribution < 1.29 is 28.5 Å². The molecule has 0 radical (unpaired) electrons. The number of rotatable bonds is 8. The average Bonchev–Trinajstić information content (AvgIpc) is 2.66. The van der Waals surface area contributed by atoms with Gasteiger partial charge in [0.25, 0.3) is 5.91 Å². The zero-order chi connectivity index (χ0) is 19.8. The molecule has 1 amide bonds. The van der Waals surface area contributed by atoms with E-state index >= 15 is 0 Å². The molecule has 0 aliphatic carbocycles. The third-order valence-corrected chi connectivity index (χ3v) is 3.66. The number of methoxy groups -OCH3 is 2. The van der Waals surface area contributed by atoms with E-state index in [9.17, 15) is 9.59 Å². The highest BCUT2D eigenvalue weighted by atomic mass is 16.6. The highest BCUT2D eigenvalue weighted by Gasteiger charge is 2.18. The number of carbonyl (C=O) groups is 2. The summed E-state index contributed by atoms with van der Waals surface area (Å²) < 4.78 is 20.9. The molecule has 144 valence electrons. The molecule has 7 nitrogen and oxygen atoms in total. The van der Waals surface area contributed by atoms with Crippen LogP contribution in [0.1, 0.15) is 12.5 Å². The number of amides is 1. The third kappa shape index (κ3) is 5.91. The van der Waals surface area contributed by atoms with Gasteiger partial charge in [-0.15, -0.1) is 0 Å². The molecule has 0 bridgehead atoms. The van der Waals surface area contributed by atoms with Crippen LogP contribution in [0.2, 0.25) is 0 Å². The first-order valence-corrected chi connectivity index (χ1v) is 8.34. The summed E-state index contributed by atoms with van der Waals surface area (Å²) >= 11 is 0. The average molecular weight is 373 g/mol. The van der Waals surface area contributed by atoms with Crippen molar-refractivity contribution in [2.45, 2.75) is 20.0 Å². The predicted molar refractivity (Wildman–Crippen MR) is 100 cm³/mol. The lowest BCUT2D eigenvalue weighted by molar-refractivity contribution is -0.153. The summed E-state index contributed by atoms with van der Waals surface area (Å²) in [7, 11) is 3.01. The van der Waals surface area contributed by atoms with Crippen molar-refractivity contribution in [1.82, 2.24) is 0 Å². The van der Waals surface area contributed by atoms with Gasteiger partial charge in [-0.05, 0) is 43.7 Å². The Bertz CT molecular complexity index is 805. The first kappa shape index (κ1) is 20.1. The van der Waals surface area contributed by atoms with Gasteiger partial charge in [-0.3, -0.25) is 4.79 Å². The Morgan fingerprint density at radius 1 is 1.04 bits per heavy atom. The number of esters is 1. The maximum Gasteiger partial charge on any atom is 0.347 e. The van der Waals surface area contributed by atoms with Gasteiger partial charge in [-0.25, -0.2) is 4.79 Å². The van der Waals surface area contributed by atoms with Gasteiger partial charge >= 0.3 is 5.97 Å². The van der Waals surface area contributed by atoms with Crippen molar-refractivity contribution in [1.29, 1.82) is 0 Å². The lowest BCUT2D eigenvalue weighted by Crippen LogP contribution is -2.29. The van der Waals surface area contributed by atoms with Gasteiger partial charge in [0.1, 0.15) is 17.2 Å². The fourth-order valence-electron chi connectivity index (χ4n) is 2.29. The molecule has 7 heteroatoms. The molecule has 0 unspecified atom stereocenters. The number of nitrogens with one attached hydrogen (secondary N) is 1. The van der Waals surface area contributed by atoms with Gasteiger partial charge in [0.15, 0.2) is 12.7 Å². The van der Waals surface area contributed by atoms with E-state index in [1.807, 2.05) is 25.1 Å². The van der Waals surface area contributed by atoms with Gasteiger partial charge in [-0.2, -0.15) is 0 Å². The number of anilines is 1. The van der Waals surface area contributed by atoms with Gasteiger partial charge in [0.2, 0.25) is 0 Å². The largest absolute Gasteiger partial charge is 0.497 e. The van der Waals surface area contributed by atoms with Crippen molar-refractivity contribution >= 4 is 17.6 Å². The minimum atomic E-state index is -0.842. The van der Waals surface area contributed by atoms with Gasteiger partial charge < -0.3 is 24.3 Å². The van der Waals surface area contributed by atoms with Crippen LogP contribution in [-0.2, 0) is 14.3 Å². The van der Waals surface area contributed by atoms with Crippen LogP contribution in [0.3, 0.4) is 0 Å². The summed E-state index contributed by atoms with van der Waals surface area (Å²) in [5, 5.41) is 2.63. The first-order valence-electron chi connectivity index (χ1n) is 8.34. The molecular weight excluding hydrogens is 350 g/mol. The summed E-state index contributed by atoms with van der Waals surface area (Å²) in [6.45, 7) is 3.04. The van der Waals surface area contributed by atoms with Gasteiger partial charge in [0, 0.05) is 6.07 Å². The second-order valence-electron chi connectivity index (χ2n) is 5.80. The Balaban J connectivity index is 1.88. The molecule has 27 heavy (non-hydrogen) atoms. The predicted octanol–water partition coefficient (Wildman–Crippen LogP) is 2.96. The van der Waals surface area contributed by atoms with Crippen LogP contribution in [-0.4, -0.2) is 38.8 Å². The first-order chi connectivity index (χ1) is 12.9. The van der Waals surface area contributed by atoms with E-state index in [1.165, 1.54) is 14.2 Å². The smallest absolute Gasteiger partial charge is 0.347 e. The van der Waals surface area contributed by atoms with Crippen molar-refractivity contribution in [2.75, 3.05) is 26.1 Å². The summed E-state index contributed by atoms with van der Waals surface area (Å²) in [4.78, 5) is 24.1. The molecule has 2 aromatic rings. The number of hydrogen-bond donors (Lipinski definition) is 1. The summed E-state index contributed by atoms with van der Waals surface area (Å²) in [6, 6.07) is 12.3. The highest BCUT2D eigenvalue weighted by Crippen LogP contribution is 2.28. The van der Waals surface area contributed by atoms with E-state index in [2.05, 4.69) is 5.32 Å². The van der Waals surface area contributed by atoms with Crippen molar-refractivity contribution in [3.8, 4) is 17.2 Å². The third-order valence-electron chi connectivity index (χ3n) is 3.66. The minimum absolute atomic E-state index is 0.418. The van der Waals surface area contributed by atoms with Crippen LogP contribution in [0.25, 0.3) is 0 Å². The molecule has 0 saturated heterocycles. The molecular formula is C20H23NO6. The van der Waals surface area contributed by atoms with Crippen molar-refractivity contribution in [3.05, 3.63) is 48.0 Å². The maximum absolute atomic E-state index is 12.1. The van der Waals surface area contributed by atoms with E-state index in [0.717, 1.165) is 5.56 Å². The molecule has 2 aromatic carbocycles. The topological polar surface area (TPSA) is 83.1 Å². The van der Waals surface area contributed by atoms with E-state index in [0.29, 0.717) is 22.9 Å². The number of aryl methyl sites for hydroxylation is 1. The zero-order valence-electron chi connectivity index (χ0n) is 15.8. The van der Waals surface area contributed by atoms with Crippen LogP contribution in [0.5, 0.6) is 17.2 Å². The van der Waals surface area contributed by atoms with Crippen LogP contribution in [0, 0.1) is 6.92 Å². The highest BCUT2D eigenvalue weighted by molar-refractivity contribution is 5.94. The van der Waals surface area contributed by atoms with E-state index in [1.54, 1.807) is 31.2 Å². The Kier molecular flexibility index (Phi) is 7.05. The van der Waals surface area contributed by atoms with Crippen LogP contribution >= 0.6 is 0 Å². The standard InChI is InChI=1S/C20H23NO6/c1-13-6-5-7-16(10-13)27-14(2)20(23)26-12-19(22)21-17-11-15(24-3)8-9-18(17)25-4/h5-11,14H,12H2,1-4H3,(H,21,22)/t14-/m1/s1. The number of ether oxygens (including phenoxy) is 4. The SMILES string of the molecule is COc1ccc(OC)c(NC(=O)COC(=O)[C@@H](C)Oc2cccc(C)c2)c1. The monoisotopic (exact) mass is 373 g/mol. The van der Waals surface area contributed by atoms with Crippen molar-refractivity contribution in [2.24, 2.45) is 0 Å². The quantitative estimate of drug-likeness (QED) is 0.717. The number of carbonyl (C=O) groups excluding carboxylic acids is 2. The summed E-state index contributed by atoms with van der Waals surface area (Å²) in [5.74, 6) is 0.446. The normalized spacial score (nSPS) is 11.3. The molecule has 0 aromatic heterocycles. The minimum Gasteiger partial charge on any atom is -0.497 e. The molecule has 0 aliphatic rings. The van der Waals surface area contributed by atoms with Crippen molar-refractivity contribution in [3.63, 3.8) is 0 Å². The number of hydrogen-bond acceptors (Lipinski definition) is 6. The Labute approximate surface area is 158 Å². The molecule has 2 rings (SSSR count). The Morgan fingerprint density at radius 2 is 1.81 bits per heavy atom. The Morgan fingerprint density at radius 3 is 2.48 bits per heavy atom. The molecule has 1 N–H and O–H groups in total. The molecule has 0 heterocycles. The Hall–Kier alpha value is -3.22. The van der Waals surface area contributed by atoms with E-state index < -0.39 is 24.6 Å². The summed E-state index contributed by atoms with van der Waals surface area (Å²) in [6.07, 6.45) is -0.842. The second kappa shape index (κ2) is 9.47. The maximum atomic E-state index is 12.1. The second-order valence-corrected chi connectivity index (χ2v) is 5.80. The van der Waals surface area contributed by atoms with Gasteiger partial charge in [0.05, 0.1) is 19.9 Å². The van der Waals surface area contributed by atoms with Crippen LogP contribution < -0.4 is 19.5 Å². The molecule has 0 spiro atoms. The molecule has 0 aliphatic heterocycles. The van der Waals surface area contributed by atoms with E-state index in [-0.39, 0.29) is 0 Å². The van der Waals surface area contributed by atoms with Crippen LogP contribution in [0.4, 0.5) is 5.69 Å².